The number of aliphatic imine (C=N–C) groups is 1. The van der Waals surface area contributed by atoms with Gasteiger partial charge in [0.1, 0.15) is 5.75 Å². The highest BCUT2D eigenvalue weighted by molar-refractivity contribution is 14.0. The first-order valence-corrected chi connectivity index (χ1v) is 9.72. The molecule has 2 N–H and O–H groups in total. The van der Waals surface area contributed by atoms with Crippen molar-refractivity contribution in [2.24, 2.45) is 4.99 Å². The average Bonchev–Trinajstić information content (AvgIpc) is 3.10. The number of hydrogen-bond acceptors (Lipinski definition) is 4. The van der Waals surface area contributed by atoms with Crippen LogP contribution >= 0.6 is 24.0 Å². The minimum atomic E-state index is -0.254. The number of aliphatic hydroxyl groups is 1. The summed E-state index contributed by atoms with van der Waals surface area (Å²) < 4.78 is 5.41. The molecule has 0 aromatic heterocycles. The number of hydrogen-bond donors (Lipinski definition) is 2. The molecule has 1 aliphatic heterocycles. The number of nitrogens with zero attached hydrogens (tertiary/aromatic N) is 3. The van der Waals surface area contributed by atoms with Crippen molar-refractivity contribution in [1.82, 2.24) is 15.1 Å². The molecule has 7 heteroatoms. The summed E-state index contributed by atoms with van der Waals surface area (Å²) in [6.45, 7) is 11.4. The number of ether oxygens (including phenoxy) is 1. The molecule has 27 heavy (non-hydrogen) atoms. The summed E-state index contributed by atoms with van der Waals surface area (Å²) in [5, 5.41) is 13.2. The Labute approximate surface area is 181 Å². The number of benzene rings is 1. The van der Waals surface area contributed by atoms with Gasteiger partial charge in [-0.1, -0.05) is 26.0 Å². The summed E-state index contributed by atoms with van der Waals surface area (Å²) in [5.41, 5.74) is 1.22. The lowest BCUT2D eigenvalue weighted by Crippen LogP contribution is -2.41. The number of halogens is 1. The first-order chi connectivity index (χ1) is 12.6. The van der Waals surface area contributed by atoms with Crippen LogP contribution in [0.15, 0.2) is 29.3 Å². The molecule has 1 aliphatic rings. The Balaban J connectivity index is 0.00000364. The van der Waals surface area contributed by atoms with Crippen LogP contribution in [-0.4, -0.2) is 73.3 Å². The van der Waals surface area contributed by atoms with Crippen molar-refractivity contribution in [2.75, 3.05) is 46.4 Å². The Morgan fingerprint density at radius 2 is 2.11 bits per heavy atom. The van der Waals surface area contributed by atoms with Crippen LogP contribution in [0.3, 0.4) is 0 Å². The lowest BCUT2D eigenvalue weighted by atomic mass is 10.0. The third-order valence-corrected chi connectivity index (χ3v) is 4.94. The van der Waals surface area contributed by atoms with Crippen LogP contribution in [0.1, 0.15) is 38.8 Å². The van der Waals surface area contributed by atoms with E-state index in [1.54, 1.807) is 7.11 Å². The molecule has 1 fully saturated rings. The Bertz CT molecular complexity index is 581. The van der Waals surface area contributed by atoms with Crippen molar-refractivity contribution in [3.63, 3.8) is 0 Å². The molecule has 1 saturated heterocycles. The highest BCUT2D eigenvalue weighted by Crippen LogP contribution is 2.25. The molecule has 0 radical (unpaired) electrons. The molecule has 154 valence electrons. The van der Waals surface area contributed by atoms with Crippen molar-refractivity contribution >= 4 is 29.9 Å². The molecule has 2 rings (SSSR count). The van der Waals surface area contributed by atoms with Crippen LogP contribution in [0.25, 0.3) is 0 Å². The Kier molecular flexibility index (Phi) is 11.0. The summed E-state index contributed by atoms with van der Waals surface area (Å²) in [4.78, 5) is 9.49. The fourth-order valence-electron chi connectivity index (χ4n) is 3.48. The van der Waals surface area contributed by atoms with E-state index in [1.807, 2.05) is 12.1 Å². The van der Waals surface area contributed by atoms with Gasteiger partial charge < -0.3 is 20.1 Å². The van der Waals surface area contributed by atoms with Crippen LogP contribution < -0.4 is 10.1 Å². The zero-order chi connectivity index (χ0) is 18.9. The molecular weight excluding hydrogens is 455 g/mol. The van der Waals surface area contributed by atoms with E-state index in [1.165, 1.54) is 5.56 Å². The van der Waals surface area contributed by atoms with Gasteiger partial charge in [0.15, 0.2) is 5.96 Å². The molecule has 2 atom stereocenters. The fourth-order valence-corrected chi connectivity index (χ4v) is 3.48. The lowest BCUT2D eigenvalue weighted by Gasteiger charge is -2.30. The molecule has 0 spiro atoms. The predicted octanol–water partition coefficient (Wildman–Crippen LogP) is 2.73. The topological polar surface area (TPSA) is 60.3 Å². The van der Waals surface area contributed by atoms with Gasteiger partial charge in [-0.25, -0.2) is 0 Å². The van der Waals surface area contributed by atoms with Gasteiger partial charge in [0.05, 0.1) is 25.8 Å². The van der Waals surface area contributed by atoms with E-state index in [2.05, 4.69) is 48.0 Å². The molecule has 1 unspecified atom stereocenters. The monoisotopic (exact) mass is 490 g/mol. The maximum atomic E-state index is 9.85. The van der Waals surface area contributed by atoms with Crippen molar-refractivity contribution in [2.45, 2.75) is 39.3 Å². The first kappa shape index (κ1) is 24.0. The number of aliphatic hydroxyl groups excluding tert-OH is 1. The van der Waals surface area contributed by atoms with Crippen LogP contribution in [0.4, 0.5) is 0 Å². The molecule has 1 aromatic carbocycles. The van der Waals surface area contributed by atoms with Gasteiger partial charge in [0.25, 0.3) is 0 Å². The SMILES string of the molecule is CCNC(=NCC(c1cccc(OC)c1)N(CC)CC)N1CC[C@@H](O)C1.I. The van der Waals surface area contributed by atoms with Crippen LogP contribution in [-0.2, 0) is 0 Å². The third kappa shape index (κ3) is 6.80. The summed E-state index contributed by atoms with van der Waals surface area (Å²) in [6.07, 6.45) is 0.551. The van der Waals surface area contributed by atoms with Gasteiger partial charge >= 0.3 is 0 Å². The molecule has 0 amide bonds. The third-order valence-electron chi connectivity index (χ3n) is 4.94. The first-order valence-electron chi connectivity index (χ1n) is 9.72. The maximum Gasteiger partial charge on any atom is 0.194 e. The number of likely N-dealkylation sites (N-methyl/N-ethyl adjacent to an activating group) is 1. The summed E-state index contributed by atoms with van der Waals surface area (Å²) in [6, 6.07) is 8.46. The number of methoxy groups -OCH3 is 1. The van der Waals surface area contributed by atoms with E-state index in [4.69, 9.17) is 9.73 Å². The highest BCUT2D eigenvalue weighted by Gasteiger charge is 2.24. The summed E-state index contributed by atoms with van der Waals surface area (Å²) in [7, 11) is 1.70. The Morgan fingerprint density at radius 1 is 1.37 bits per heavy atom. The van der Waals surface area contributed by atoms with Crippen LogP contribution in [0, 0.1) is 0 Å². The highest BCUT2D eigenvalue weighted by atomic mass is 127. The van der Waals surface area contributed by atoms with Crippen molar-refractivity contribution in [3.8, 4) is 5.75 Å². The molecule has 6 nitrogen and oxygen atoms in total. The van der Waals surface area contributed by atoms with Crippen molar-refractivity contribution in [1.29, 1.82) is 0 Å². The van der Waals surface area contributed by atoms with E-state index in [-0.39, 0.29) is 36.1 Å². The summed E-state index contributed by atoms with van der Waals surface area (Å²) >= 11 is 0. The van der Waals surface area contributed by atoms with E-state index >= 15 is 0 Å². The number of guanidine groups is 1. The second kappa shape index (κ2) is 12.4. The maximum absolute atomic E-state index is 9.85. The molecule has 0 aliphatic carbocycles. The van der Waals surface area contributed by atoms with Gasteiger partial charge in [-0.2, -0.15) is 0 Å². The van der Waals surface area contributed by atoms with Crippen molar-refractivity contribution < 1.29 is 9.84 Å². The van der Waals surface area contributed by atoms with Crippen LogP contribution in [0.5, 0.6) is 5.75 Å². The number of likely N-dealkylation sites (tertiary alicyclic amines) is 1. The minimum Gasteiger partial charge on any atom is -0.497 e. The fraction of sp³-hybridized carbons (Fsp3) is 0.650. The largest absolute Gasteiger partial charge is 0.497 e. The average molecular weight is 490 g/mol. The lowest BCUT2D eigenvalue weighted by molar-refractivity contribution is 0.187. The summed E-state index contributed by atoms with van der Waals surface area (Å²) in [5.74, 6) is 1.77. The van der Waals surface area contributed by atoms with E-state index in [9.17, 15) is 5.11 Å². The number of β-amino-alcohol motifs (C(OH)–C–C–N with tert-alkyl or cyclic N) is 1. The van der Waals surface area contributed by atoms with Gasteiger partial charge in [0, 0.05) is 19.6 Å². The second-order valence-electron chi connectivity index (χ2n) is 6.60. The smallest absolute Gasteiger partial charge is 0.194 e. The molecule has 1 heterocycles. The predicted molar refractivity (Wildman–Crippen MR) is 122 cm³/mol. The number of rotatable bonds is 8. The Hall–Kier alpha value is -1.06. The van der Waals surface area contributed by atoms with Crippen LogP contribution in [0.2, 0.25) is 0 Å². The molecule has 0 bridgehead atoms. The molecular formula is C20H35IN4O2. The quantitative estimate of drug-likeness (QED) is 0.334. The zero-order valence-corrected chi connectivity index (χ0v) is 19.3. The van der Waals surface area contributed by atoms with E-state index in [0.29, 0.717) is 13.1 Å². The number of nitrogens with one attached hydrogen (secondary N) is 1. The normalized spacial score (nSPS) is 18.4. The van der Waals surface area contributed by atoms with Crippen molar-refractivity contribution in [3.05, 3.63) is 29.8 Å². The second-order valence-corrected chi connectivity index (χ2v) is 6.60. The van der Waals surface area contributed by atoms with E-state index < -0.39 is 0 Å². The molecule has 1 aromatic rings. The van der Waals surface area contributed by atoms with Gasteiger partial charge in [-0.05, 0) is 44.1 Å². The van der Waals surface area contributed by atoms with Gasteiger partial charge in [-0.15, -0.1) is 24.0 Å². The van der Waals surface area contributed by atoms with Gasteiger partial charge in [-0.3, -0.25) is 9.89 Å². The Morgan fingerprint density at radius 3 is 2.67 bits per heavy atom. The van der Waals surface area contributed by atoms with Gasteiger partial charge in [0.2, 0.25) is 0 Å². The molecule has 0 saturated carbocycles. The standard InChI is InChI=1S/C20H34N4O2.HI/c1-5-21-20(24-12-11-17(25)15-24)22-14-19(23(6-2)7-3)16-9-8-10-18(13-16)26-4;/h8-10,13,17,19,25H,5-7,11-12,14-15H2,1-4H3,(H,21,22);1H/t17-,19?;/m1./s1. The minimum absolute atomic E-state index is 0. The van der Waals surface area contributed by atoms with E-state index in [0.717, 1.165) is 44.3 Å². The zero-order valence-electron chi connectivity index (χ0n) is 17.0.